The number of nitrogens with zero attached hydrogens (tertiary/aromatic N) is 2. The molecule has 1 heterocycles. The molecule has 0 atom stereocenters. The summed E-state index contributed by atoms with van der Waals surface area (Å²) >= 11 is 0. The number of hydrogen-bond donors (Lipinski definition) is 1. The lowest BCUT2D eigenvalue weighted by atomic mass is 10.2. The number of rotatable bonds is 4. The fourth-order valence-corrected chi connectivity index (χ4v) is 1.96. The van der Waals surface area contributed by atoms with Crippen molar-refractivity contribution in [3.8, 4) is 11.6 Å². The van der Waals surface area contributed by atoms with E-state index in [0.29, 0.717) is 24.5 Å². The topological polar surface area (TPSA) is 53.1 Å². The Morgan fingerprint density at radius 2 is 2.22 bits per heavy atom. The Kier molecular flexibility index (Phi) is 3.62. The van der Waals surface area contributed by atoms with Gasteiger partial charge in [-0.05, 0) is 38.1 Å². The maximum absolute atomic E-state index is 13.2. The van der Waals surface area contributed by atoms with E-state index >= 15 is 0 Å². The van der Waals surface area contributed by atoms with Gasteiger partial charge in [-0.1, -0.05) is 6.07 Å². The van der Waals surface area contributed by atoms with Crippen molar-refractivity contribution in [3.63, 3.8) is 0 Å². The minimum absolute atomic E-state index is 0.303. The molecule has 0 amide bonds. The lowest BCUT2D eigenvalue weighted by Crippen LogP contribution is -2.05. The molecular formula is C13H16FN3O. The molecule has 0 bridgehead atoms. The van der Waals surface area contributed by atoms with Gasteiger partial charge >= 0.3 is 0 Å². The number of ether oxygens (including phenoxy) is 1. The molecule has 2 rings (SSSR count). The fraction of sp³-hybridized carbons (Fsp3) is 0.308. The van der Waals surface area contributed by atoms with E-state index in [0.717, 1.165) is 11.3 Å². The van der Waals surface area contributed by atoms with E-state index in [1.807, 2.05) is 6.92 Å². The minimum Gasteiger partial charge on any atom is -0.481 e. The first-order valence-corrected chi connectivity index (χ1v) is 5.76. The average molecular weight is 249 g/mol. The summed E-state index contributed by atoms with van der Waals surface area (Å²) in [6.07, 6.45) is 0.685. The number of nitrogens with two attached hydrogens (primary N) is 1. The molecule has 0 saturated heterocycles. The van der Waals surface area contributed by atoms with Crippen LogP contribution in [0.1, 0.15) is 11.3 Å². The molecule has 4 nitrogen and oxygen atoms in total. The van der Waals surface area contributed by atoms with Gasteiger partial charge in [-0.25, -0.2) is 9.07 Å². The first-order chi connectivity index (χ1) is 8.67. The minimum atomic E-state index is -0.303. The molecule has 1 aromatic carbocycles. The maximum atomic E-state index is 13.2. The Balaban J connectivity index is 2.54. The lowest BCUT2D eigenvalue weighted by Gasteiger charge is -2.07. The molecule has 96 valence electrons. The molecule has 0 unspecified atom stereocenters. The summed E-state index contributed by atoms with van der Waals surface area (Å²) in [6.45, 7) is 2.41. The van der Waals surface area contributed by atoms with Crippen molar-refractivity contribution in [2.75, 3.05) is 13.7 Å². The highest BCUT2D eigenvalue weighted by atomic mass is 19.1. The Morgan fingerprint density at radius 1 is 1.44 bits per heavy atom. The molecule has 5 heteroatoms. The zero-order valence-electron chi connectivity index (χ0n) is 10.5. The van der Waals surface area contributed by atoms with Crippen LogP contribution in [0.25, 0.3) is 5.69 Å². The summed E-state index contributed by atoms with van der Waals surface area (Å²) in [7, 11) is 1.58. The van der Waals surface area contributed by atoms with Gasteiger partial charge in [-0.15, -0.1) is 0 Å². The van der Waals surface area contributed by atoms with Gasteiger partial charge in [0.25, 0.3) is 0 Å². The largest absolute Gasteiger partial charge is 0.481 e. The molecule has 18 heavy (non-hydrogen) atoms. The van der Waals surface area contributed by atoms with Crippen molar-refractivity contribution in [3.05, 3.63) is 41.3 Å². The normalized spacial score (nSPS) is 10.7. The predicted octanol–water partition coefficient (Wildman–Crippen LogP) is 1.83. The summed E-state index contributed by atoms with van der Waals surface area (Å²) in [6, 6.07) is 6.24. The van der Waals surface area contributed by atoms with Gasteiger partial charge in [0.1, 0.15) is 5.82 Å². The van der Waals surface area contributed by atoms with Gasteiger partial charge in [0.2, 0.25) is 5.88 Å². The monoisotopic (exact) mass is 249 g/mol. The molecule has 0 fully saturated rings. The zero-order valence-corrected chi connectivity index (χ0v) is 10.5. The summed E-state index contributed by atoms with van der Waals surface area (Å²) in [4.78, 5) is 0. The molecule has 1 aromatic heterocycles. The maximum Gasteiger partial charge on any atom is 0.219 e. The van der Waals surface area contributed by atoms with Gasteiger partial charge in [0.15, 0.2) is 0 Å². The Labute approximate surface area is 105 Å². The van der Waals surface area contributed by atoms with E-state index in [1.54, 1.807) is 23.9 Å². The Morgan fingerprint density at radius 3 is 2.83 bits per heavy atom. The van der Waals surface area contributed by atoms with E-state index in [9.17, 15) is 4.39 Å². The van der Waals surface area contributed by atoms with Crippen LogP contribution in [-0.4, -0.2) is 23.4 Å². The number of methoxy groups -OCH3 is 1. The van der Waals surface area contributed by atoms with E-state index in [1.165, 1.54) is 12.1 Å². The standard InChI is InChI=1S/C13H16FN3O/c1-9-12(6-7-15)13(18-2)17(16-9)11-5-3-4-10(14)8-11/h3-5,8H,6-7,15H2,1-2H3. The smallest absolute Gasteiger partial charge is 0.219 e. The summed E-state index contributed by atoms with van der Waals surface area (Å²) in [5.74, 6) is 0.312. The van der Waals surface area contributed by atoms with Gasteiger partial charge < -0.3 is 10.5 Å². The first kappa shape index (κ1) is 12.6. The summed E-state index contributed by atoms with van der Waals surface area (Å²) in [5, 5.41) is 4.38. The van der Waals surface area contributed by atoms with Crippen LogP contribution >= 0.6 is 0 Å². The second-order valence-electron chi connectivity index (χ2n) is 4.00. The fourth-order valence-electron chi connectivity index (χ4n) is 1.96. The van der Waals surface area contributed by atoms with Crippen LogP contribution in [0.5, 0.6) is 5.88 Å². The van der Waals surface area contributed by atoms with Crippen molar-refractivity contribution in [2.24, 2.45) is 5.73 Å². The van der Waals surface area contributed by atoms with Crippen LogP contribution in [0.15, 0.2) is 24.3 Å². The molecule has 0 aliphatic rings. The highest BCUT2D eigenvalue weighted by molar-refractivity contribution is 5.41. The third-order valence-electron chi connectivity index (χ3n) is 2.78. The van der Waals surface area contributed by atoms with Gasteiger partial charge in [0.05, 0.1) is 18.5 Å². The highest BCUT2D eigenvalue weighted by Crippen LogP contribution is 2.26. The second kappa shape index (κ2) is 5.18. The molecular weight excluding hydrogens is 233 g/mol. The van der Waals surface area contributed by atoms with E-state index in [-0.39, 0.29) is 5.82 Å². The van der Waals surface area contributed by atoms with E-state index in [4.69, 9.17) is 10.5 Å². The van der Waals surface area contributed by atoms with Crippen LogP contribution in [0, 0.1) is 12.7 Å². The van der Waals surface area contributed by atoms with Crippen molar-refractivity contribution < 1.29 is 9.13 Å². The zero-order chi connectivity index (χ0) is 13.1. The van der Waals surface area contributed by atoms with Gasteiger partial charge in [0, 0.05) is 5.56 Å². The molecule has 0 radical (unpaired) electrons. The number of benzene rings is 1. The van der Waals surface area contributed by atoms with Gasteiger partial charge in [-0.3, -0.25) is 0 Å². The SMILES string of the molecule is COc1c(CCN)c(C)nn1-c1cccc(F)c1. The second-order valence-corrected chi connectivity index (χ2v) is 4.00. The first-order valence-electron chi connectivity index (χ1n) is 5.76. The van der Waals surface area contributed by atoms with Crippen LogP contribution in [-0.2, 0) is 6.42 Å². The quantitative estimate of drug-likeness (QED) is 0.899. The number of hydrogen-bond acceptors (Lipinski definition) is 3. The van der Waals surface area contributed by atoms with Crippen LogP contribution in [0.3, 0.4) is 0 Å². The van der Waals surface area contributed by atoms with Crippen molar-refractivity contribution in [1.29, 1.82) is 0 Å². The number of aryl methyl sites for hydroxylation is 1. The van der Waals surface area contributed by atoms with Crippen molar-refractivity contribution in [1.82, 2.24) is 9.78 Å². The third-order valence-corrected chi connectivity index (χ3v) is 2.78. The average Bonchev–Trinajstić information content (AvgIpc) is 2.67. The molecule has 0 spiro atoms. The van der Waals surface area contributed by atoms with Crippen LogP contribution < -0.4 is 10.5 Å². The summed E-state index contributed by atoms with van der Waals surface area (Å²) < 4.78 is 20.2. The van der Waals surface area contributed by atoms with Crippen LogP contribution in [0.4, 0.5) is 4.39 Å². The molecule has 2 aromatic rings. The van der Waals surface area contributed by atoms with Gasteiger partial charge in [-0.2, -0.15) is 5.10 Å². The van der Waals surface area contributed by atoms with E-state index in [2.05, 4.69) is 5.10 Å². The molecule has 0 saturated carbocycles. The predicted molar refractivity (Wildman–Crippen MR) is 67.6 cm³/mol. The van der Waals surface area contributed by atoms with Crippen molar-refractivity contribution >= 4 is 0 Å². The van der Waals surface area contributed by atoms with Crippen molar-refractivity contribution in [2.45, 2.75) is 13.3 Å². The lowest BCUT2D eigenvalue weighted by molar-refractivity contribution is 0.379. The third kappa shape index (κ3) is 2.22. The number of aromatic nitrogens is 2. The van der Waals surface area contributed by atoms with Crippen LogP contribution in [0.2, 0.25) is 0 Å². The molecule has 0 aliphatic carbocycles. The Hall–Kier alpha value is -1.88. The molecule has 0 aliphatic heterocycles. The number of halogens is 1. The van der Waals surface area contributed by atoms with E-state index < -0.39 is 0 Å². The highest BCUT2D eigenvalue weighted by Gasteiger charge is 2.16. The Bertz CT molecular complexity index is 551. The summed E-state index contributed by atoms with van der Waals surface area (Å²) in [5.41, 5.74) is 8.02. The molecule has 2 N–H and O–H groups in total.